The van der Waals surface area contributed by atoms with Crippen molar-refractivity contribution in [2.75, 3.05) is 32.8 Å². The number of nitrogens with one attached hydrogen (secondary N) is 1. The van der Waals surface area contributed by atoms with Crippen LogP contribution in [0.4, 0.5) is 0 Å². The summed E-state index contributed by atoms with van der Waals surface area (Å²) >= 11 is 5.63. The van der Waals surface area contributed by atoms with Crippen LogP contribution in [0.1, 0.15) is 41.0 Å². The molecule has 1 atom stereocenters. The molecular formula is C19H35N4OPS. The molecule has 0 spiro atoms. The van der Waals surface area contributed by atoms with Gasteiger partial charge in [0.05, 0.1) is 12.6 Å². The number of aliphatic hydroxyl groups is 1. The summed E-state index contributed by atoms with van der Waals surface area (Å²) < 4.78 is 10.1. The first-order valence-corrected chi connectivity index (χ1v) is 11.7. The number of benzene rings is 1. The largest absolute Gasteiger partial charge is 0.394 e. The third kappa shape index (κ3) is 5.37. The number of hydrogen-bond acceptors (Lipinski definition) is 2. The molecule has 0 aliphatic rings. The maximum Gasteiger partial charge on any atom is 0.194 e. The highest BCUT2D eigenvalue weighted by Crippen LogP contribution is 2.55. The van der Waals surface area contributed by atoms with E-state index in [0.717, 1.165) is 32.6 Å². The molecule has 148 valence electrons. The topological polar surface area (TPSA) is 51.1 Å². The summed E-state index contributed by atoms with van der Waals surface area (Å²) in [4.78, 5) is 0. The smallest absolute Gasteiger partial charge is 0.194 e. The van der Waals surface area contributed by atoms with E-state index >= 15 is 0 Å². The second kappa shape index (κ2) is 11.8. The van der Waals surface area contributed by atoms with Crippen molar-refractivity contribution in [2.24, 2.45) is 4.74 Å². The van der Waals surface area contributed by atoms with Crippen LogP contribution in [0.2, 0.25) is 0 Å². The van der Waals surface area contributed by atoms with Gasteiger partial charge < -0.3 is 10.4 Å². The van der Waals surface area contributed by atoms with Crippen LogP contribution in [-0.2, 0) is 0 Å². The highest BCUT2D eigenvalue weighted by atomic mass is 32.1. The van der Waals surface area contributed by atoms with Gasteiger partial charge in [-0.15, -0.1) is 0 Å². The van der Waals surface area contributed by atoms with E-state index in [1.54, 1.807) is 0 Å². The molecule has 0 aromatic heterocycles. The normalized spacial score (nSPS) is 13.1. The molecule has 1 aromatic carbocycles. The first-order valence-electron chi connectivity index (χ1n) is 9.63. The molecule has 0 amide bonds. The molecule has 0 bridgehead atoms. The molecule has 0 unspecified atom stereocenters. The first kappa shape index (κ1) is 23.3. The van der Waals surface area contributed by atoms with Gasteiger partial charge in [0, 0.05) is 31.5 Å². The highest BCUT2D eigenvalue weighted by molar-refractivity contribution is 7.81. The average molecular weight is 399 g/mol. The lowest BCUT2D eigenvalue weighted by Crippen LogP contribution is -2.40. The molecule has 0 fully saturated rings. The SMILES string of the molecule is CC[C@@H](CO)NC(=S)N=P(c1ccccc1)(N(CC)CC)N(CC)CC. The number of rotatable bonds is 10. The summed E-state index contributed by atoms with van der Waals surface area (Å²) in [6, 6.07) is 10.5. The van der Waals surface area contributed by atoms with E-state index in [4.69, 9.17) is 17.0 Å². The number of thiocarbonyl (C=S) groups is 1. The Labute approximate surface area is 165 Å². The lowest BCUT2D eigenvalue weighted by molar-refractivity contribution is 0.253. The van der Waals surface area contributed by atoms with Crippen molar-refractivity contribution in [3.63, 3.8) is 0 Å². The van der Waals surface area contributed by atoms with Crippen LogP contribution in [0, 0.1) is 0 Å². The Morgan fingerprint density at radius 3 is 1.92 bits per heavy atom. The van der Waals surface area contributed by atoms with Gasteiger partial charge in [-0.25, -0.2) is 4.74 Å². The molecule has 5 nitrogen and oxygen atoms in total. The molecule has 1 aromatic rings. The van der Waals surface area contributed by atoms with Crippen molar-refractivity contribution in [2.45, 2.75) is 47.1 Å². The summed E-state index contributed by atoms with van der Waals surface area (Å²) in [6.45, 7) is 14.4. The molecular weight excluding hydrogens is 363 g/mol. The second-order valence-corrected chi connectivity index (χ2v) is 9.39. The van der Waals surface area contributed by atoms with E-state index < -0.39 is 7.36 Å². The fourth-order valence-corrected chi connectivity index (χ4v) is 7.51. The van der Waals surface area contributed by atoms with Crippen LogP contribution in [0.15, 0.2) is 35.1 Å². The molecule has 0 saturated carbocycles. The average Bonchev–Trinajstić information content (AvgIpc) is 2.68. The molecule has 0 aliphatic heterocycles. The Bertz CT molecular complexity index is 568. The maximum absolute atomic E-state index is 9.52. The van der Waals surface area contributed by atoms with Crippen LogP contribution in [-0.4, -0.2) is 58.4 Å². The van der Waals surface area contributed by atoms with Crippen LogP contribution < -0.4 is 10.6 Å². The van der Waals surface area contributed by atoms with E-state index in [1.807, 2.05) is 13.0 Å². The molecule has 26 heavy (non-hydrogen) atoms. The summed E-state index contributed by atoms with van der Waals surface area (Å²) in [5.74, 6) is 0. The third-order valence-electron chi connectivity index (χ3n) is 4.62. The van der Waals surface area contributed by atoms with Crippen molar-refractivity contribution in [3.8, 4) is 0 Å². The zero-order valence-electron chi connectivity index (χ0n) is 16.9. The Hall–Kier alpha value is -0.780. The van der Waals surface area contributed by atoms with E-state index in [-0.39, 0.29) is 12.6 Å². The highest BCUT2D eigenvalue weighted by Gasteiger charge is 2.34. The van der Waals surface area contributed by atoms with Crippen LogP contribution in [0.25, 0.3) is 0 Å². The second-order valence-electron chi connectivity index (χ2n) is 6.02. The Morgan fingerprint density at radius 1 is 1.04 bits per heavy atom. The van der Waals surface area contributed by atoms with Gasteiger partial charge in [0.2, 0.25) is 0 Å². The van der Waals surface area contributed by atoms with Crippen LogP contribution >= 0.6 is 19.6 Å². The first-order chi connectivity index (χ1) is 12.5. The summed E-state index contributed by atoms with van der Waals surface area (Å²) in [5, 5.41) is 14.5. The standard InChI is InChI=1S/C19H35N4OPS/c1-6-17(16-24)20-19(26)21-25(22(7-2)8-3,23(9-4)10-5)18-14-12-11-13-15-18/h11-15,17,24H,6-10,16H2,1-5H3,(H,20,26)/t17-/m0/s1. The molecule has 7 heteroatoms. The van der Waals surface area contributed by atoms with Gasteiger partial charge in [-0.1, -0.05) is 65.0 Å². The molecule has 2 N–H and O–H groups in total. The summed E-state index contributed by atoms with van der Waals surface area (Å²) in [6.07, 6.45) is 0.805. The van der Waals surface area contributed by atoms with Crippen molar-refractivity contribution in [1.82, 2.24) is 14.7 Å². The third-order valence-corrected chi connectivity index (χ3v) is 9.15. The van der Waals surface area contributed by atoms with Gasteiger partial charge in [0.15, 0.2) is 5.11 Å². The van der Waals surface area contributed by atoms with Gasteiger partial charge in [0.25, 0.3) is 0 Å². The minimum atomic E-state index is -2.20. The zero-order chi connectivity index (χ0) is 19.6. The van der Waals surface area contributed by atoms with Gasteiger partial charge in [-0.3, -0.25) is 9.34 Å². The molecule has 1 rings (SSSR count). The van der Waals surface area contributed by atoms with E-state index in [9.17, 15) is 5.11 Å². The predicted octanol–water partition coefficient (Wildman–Crippen LogP) is 3.67. The van der Waals surface area contributed by atoms with Gasteiger partial charge in [0.1, 0.15) is 7.36 Å². The van der Waals surface area contributed by atoms with E-state index in [1.165, 1.54) is 5.30 Å². The molecule has 0 aliphatic carbocycles. The van der Waals surface area contributed by atoms with Crippen LogP contribution in [0.3, 0.4) is 0 Å². The van der Waals surface area contributed by atoms with Gasteiger partial charge >= 0.3 is 0 Å². The zero-order valence-corrected chi connectivity index (χ0v) is 18.6. The van der Waals surface area contributed by atoms with Crippen LogP contribution in [0.5, 0.6) is 0 Å². The van der Waals surface area contributed by atoms with Crippen molar-refractivity contribution in [1.29, 1.82) is 0 Å². The monoisotopic (exact) mass is 398 g/mol. The Kier molecular flexibility index (Phi) is 10.6. The minimum Gasteiger partial charge on any atom is -0.394 e. The van der Waals surface area contributed by atoms with Crippen molar-refractivity contribution < 1.29 is 5.11 Å². The van der Waals surface area contributed by atoms with Crippen molar-refractivity contribution >= 4 is 30.0 Å². The van der Waals surface area contributed by atoms with Crippen molar-refractivity contribution in [3.05, 3.63) is 30.3 Å². The fourth-order valence-electron chi connectivity index (χ4n) is 3.16. The quantitative estimate of drug-likeness (QED) is 0.465. The van der Waals surface area contributed by atoms with E-state index in [0.29, 0.717) is 5.11 Å². The minimum absolute atomic E-state index is 0.0550. The number of aliphatic hydroxyl groups excluding tert-OH is 1. The van der Waals surface area contributed by atoms with Gasteiger partial charge in [-0.05, 0) is 18.6 Å². The molecule has 0 saturated heterocycles. The molecule has 0 radical (unpaired) electrons. The lowest BCUT2D eigenvalue weighted by Gasteiger charge is -2.43. The van der Waals surface area contributed by atoms with Gasteiger partial charge in [-0.2, -0.15) is 0 Å². The summed E-state index contributed by atoms with van der Waals surface area (Å²) in [7, 11) is -2.20. The fraction of sp³-hybridized carbons (Fsp3) is 0.632. The summed E-state index contributed by atoms with van der Waals surface area (Å²) in [5.41, 5.74) is 0. The number of nitrogens with zero attached hydrogens (tertiary/aromatic N) is 3. The predicted molar refractivity (Wildman–Crippen MR) is 118 cm³/mol. The maximum atomic E-state index is 9.52. The number of hydrogen-bond donors (Lipinski definition) is 2. The lowest BCUT2D eigenvalue weighted by atomic mass is 10.2. The van der Waals surface area contributed by atoms with E-state index in [2.05, 4.69) is 66.6 Å². The molecule has 0 heterocycles. The Morgan fingerprint density at radius 2 is 1.54 bits per heavy atom. The Balaban J connectivity index is 3.61.